The number of aromatic amines is 1. The molecule has 1 aliphatic heterocycles. The maximum Gasteiger partial charge on any atom is 0.335 e. The number of ether oxygens (including phenoxy) is 1. The SMILES string of the molecule is Nc1nc2c(ncn2[C@H]2C[C@H](O)[C@@H](C(=O)O)O2)c(=O)[nH]1. The maximum absolute atomic E-state index is 11.6. The van der Waals surface area contributed by atoms with Crippen LogP contribution in [0.5, 0.6) is 0 Å². The molecule has 0 unspecified atom stereocenters. The first kappa shape index (κ1) is 12.6. The smallest absolute Gasteiger partial charge is 0.335 e. The summed E-state index contributed by atoms with van der Waals surface area (Å²) in [7, 11) is 0. The molecule has 0 saturated carbocycles. The predicted molar refractivity (Wildman–Crippen MR) is 64.7 cm³/mol. The molecule has 2 aromatic rings. The van der Waals surface area contributed by atoms with Gasteiger partial charge in [0, 0.05) is 6.42 Å². The zero-order valence-corrected chi connectivity index (χ0v) is 10.1. The average Bonchev–Trinajstić information content (AvgIpc) is 2.92. The summed E-state index contributed by atoms with van der Waals surface area (Å²) in [6.07, 6.45) is -1.89. The van der Waals surface area contributed by atoms with E-state index in [1.807, 2.05) is 0 Å². The fourth-order valence-corrected chi connectivity index (χ4v) is 2.20. The quantitative estimate of drug-likeness (QED) is 0.514. The fraction of sp³-hybridized carbons (Fsp3) is 0.400. The highest BCUT2D eigenvalue weighted by Crippen LogP contribution is 2.30. The first-order valence-corrected chi connectivity index (χ1v) is 5.76. The summed E-state index contributed by atoms with van der Waals surface area (Å²) in [5.41, 5.74) is 5.20. The van der Waals surface area contributed by atoms with Gasteiger partial charge >= 0.3 is 5.97 Å². The summed E-state index contributed by atoms with van der Waals surface area (Å²) in [6, 6.07) is 0. The number of nitrogens with two attached hydrogens (primary N) is 1. The van der Waals surface area contributed by atoms with Crippen LogP contribution in [0.1, 0.15) is 12.6 Å². The van der Waals surface area contributed by atoms with Gasteiger partial charge in [0.2, 0.25) is 5.95 Å². The fourth-order valence-electron chi connectivity index (χ4n) is 2.20. The van der Waals surface area contributed by atoms with Crippen molar-refractivity contribution in [2.24, 2.45) is 0 Å². The molecule has 1 aliphatic rings. The molecule has 0 radical (unpaired) electrons. The summed E-state index contributed by atoms with van der Waals surface area (Å²) >= 11 is 0. The zero-order valence-electron chi connectivity index (χ0n) is 10.1. The van der Waals surface area contributed by atoms with Crippen LogP contribution in [0.15, 0.2) is 11.1 Å². The Labute approximate surface area is 110 Å². The lowest BCUT2D eigenvalue weighted by Crippen LogP contribution is -2.29. The molecular formula is C10H11N5O5. The first-order chi connectivity index (χ1) is 9.47. The van der Waals surface area contributed by atoms with Crippen LogP contribution in [0.4, 0.5) is 5.95 Å². The lowest BCUT2D eigenvalue weighted by molar-refractivity contribution is -0.155. The van der Waals surface area contributed by atoms with E-state index in [0.717, 1.165) is 0 Å². The molecule has 10 nitrogen and oxygen atoms in total. The highest BCUT2D eigenvalue weighted by atomic mass is 16.6. The zero-order chi connectivity index (χ0) is 14.4. The molecule has 3 heterocycles. The Morgan fingerprint density at radius 2 is 2.35 bits per heavy atom. The first-order valence-electron chi connectivity index (χ1n) is 5.76. The van der Waals surface area contributed by atoms with Gasteiger partial charge in [-0.15, -0.1) is 0 Å². The number of hydrogen-bond donors (Lipinski definition) is 4. The van der Waals surface area contributed by atoms with Crippen LogP contribution < -0.4 is 11.3 Å². The van der Waals surface area contributed by atoms with Crippen molar-refractivity contribution >= 4 is 23.1 Å². The minimum Gasteiger partial charge on any atom is -0.479 e. The van der Waals surface area contributed by atoms with Crippen LogP contribution in [0.25, 0.3) is 11.2 Å². The molecule has 0 spiro atoms. The second-order valence-corrected chi connectivity index (χ2v) is 4.43. The third-order valence-corrected chi connectivity index (χ3v) is 3.10. The normalized spacial score (nSPS) is 26.1. The highest BCUT2D eigenvalue weighted by Gasteiger charge is 2.40. The van der Waals surface area contributed by atoms with Crippen LogP contribution in [-0.2, 0) is 9.53 Å². The van der Waals surface area contributed by atoms with Crippen LogP contribution in [0.2, 0.25) is 0 Å². The second kappa shape index (κ2) is 4.28. The molecule has 5 N–H and O–H groups in total. The van der Waals surface area contributed by atoms with Gasteiger partial charge in [-0.1, -0.05) is 0 Å². The number of nitrogens with zero attached hydrogens (tertiary/aromatic N) is 3. The Balaban J connectivity index is 2.04. The van der Waals surface area contributed by atoms with E-state index in [2.05, 4.69) is 15.0 Å². The van der Waals surface area contributed by atoms with Gasteiger partial charge in [0.25, 0.3) is 5.56 Å². The van der Waals surface area contributed by atoms with Crippen molar-refractivity contribution in [3.63, 3.8) is 0 Å². The van der Waals surface area contributed by atoms with Gasteiger partial charge in [-0.2, -0.15) is 4.98 Å². The molecule has 0 amide bonds. The number of carbonyl (C=O) groups is 1. The van der Waals surface area contributed by atoms with Crippen molar-refractivity contribution in [1.29, 1.82) is 0 Å². The number of fused-ring (bicyclic) bond motifs is 1. The van der Waals surface area contributed by atoms with Crippen molar-refractivity contribution in [2.45, 2.75) is 24.9 Å². The number of imidazole rings is 1. The number of carboxylic acid groups (broad SMARTS) is 1. The summed E-state index contributed by atoms with van der Waals surface area (Å²) in [5.74, 6) is -1.34. The van der Waals surface area contributed by atoms with E-state index in [0.29, 0.717) is 0 Å². The number of hydrogen-bond acceptors (Lipinski definition) is 7. The number of aromatic nitrogens is 4. The minimum absolute atomic E-state index is 0.0524. The van der Waals surface area contributed by atoms with Crippen LogP contribution >= 0.6 is 0 Å². The van der Waals surface area contributed by atoms with Crippen molar-refractivity contribution in [2.75, 3.05) is 5.73 Å². The molecule has 1 fully saturated rings. The number of aliphatic carboxylic acids is 1. The van der Waals surface area contributed by atoms with Gasteiger partial charge in [0.1, 0.15) is 6.23 Å². The third-order valence-electron chi connectivity index (χ3n) is 3.10. The van der Waals surface area contributed by atoms with Crippen molar-refractivity contribution < 1.29 is 19.7 Å². The van der Waals surface area contributed by atoms with Crippen LogP contribution in [-0.4, -0.2) is 47.9 Å². The number of anilines is 1. The monoisotopic (exact) mass is 281 g/mol. The Kier molecular flexibility index (Phi) is 2.69. The Morgan fingerprint density at radius 1 is 1.60 bits per heavy atom. The molecule has 10 heteroatoms. The van der Waals surface area contributed by atoms with E-state index in [1.165, 1.54) is 10.9 Å². The molecule has 3 rings (SSSR count). The van der Waals surface area contributed by atoms with Crippen molar-refractivity contribution in [1.82, 2.24) is 19.5 Å². The van der Waals surface area contributed by atoms with Crippen molar-refractivity contribution in [3.8, 4) is 0 Å². The molecule has 1 saturated heterocycles. The summed E-state index contributed by atoms with van der Waals surface area (Å²) < 4.78 is 6.63. The Hall–Kier alpha value is -2.46. The van der Waals surface area contributed by atoms with Gasteiger partial charge in [-0.3, -0.25) is 14.3 Å². The molecule has 0 aliphatic carbocycles. The van der Waals surface area contributed by atoms with E-state index in [-0.39, 0.29) is 23.5 Å². The number of carboxylic acids is 1. The van der Waals surface area contributed by atoms with E-state index < -0.39 is 30.0 Å². The van der Waals surface area contributed by atoms with E-state index >= 15 is 0 Å². The van der Waals surface area contributed by atoms with Crippen LogP contribution in [0.3, 0.4) is 0 Å². The topological polar surface area (TPSA) is 156 Å². The Morgan fingerprint density at radius 3 is 3.00 bits per heavy atom. The second-order valence-electron chi connectivity index (χ2n) is 4.43. The van der Waals surface area contributed by atoms with Gasteiger partial charge in [-0.25, -0.2) is 9.78 Å². The Bertz CT molecular complexity index is 737. The van der Waals surface area contributed by atoms with Gasteiger partial charge in [0.05, 0.1) is 12.4 Å². The summed E-state index contributed by atoms with van der Waals surface area (Å²) in [6.45, 7) is 0. The van der Waals surface area contributed by atoms with E-state index in [9.17, 15) is 14.7 Å². The summed E-state index contributed by atoms with van der Waals surface area (Å²) in [5, 5.41) is 18.6. The molecular weight excluding hydrogens is 270 g/mol. The largest absolute Gasteiger partial charge is 0.479 e. The number of H-pyrrole nitrogens is 1. The highest BCUT2D eigenvalue weighted by molar-refractivity contribution is 5.74. The number of rotatable bonds is 2. The maximum atomic E-state index is 11.6. The standard InChI is InChI=1S/C10H11N5O5/c11-10-13-7-5(8(17)14-10)12-2-15(7)4-1-3(16)6(20-4)9(18)19/h2-4,6,16H,1H2,(H,18,19)(H3,11,13,14,17)/t3-,4+,6-/m0/s1. The summed E-state index contributed by atoms with van der Waals surface area (Å²) in [4.78, 5) is 32.7. The number of nitrogens with one attached hydrogen (secondary N) is 1. The van der Waals surface area contributed by atoms with E-state index in [1.54, 1.807) is 0 Å². The van der Waals surface area contributed by atoms with Gasteiger partial charge in [-0.05, 0) is 0 Å². The predicted octanol–water partition coefficient (Wildman–Crippen LogP) is -1.57. The molecule has 106 valence electrons. The number of aliphatic hydroxyl groups excluding tert-OH is 1. The lowest BCUT2D eigenvalue weighted by atomic mass is 10.2. The average molecular weight is 281 g/mol. The van der Waals surface area contributed by atoms with E-state index in [4.69, 9.17) is 15.6 Å². The van der Waals surface area contributed by atoms with Gasteiger partial charge in [0.15, 0.2) is 17.3 Å². The minimum atomic E-state index is -1.32. The van der Waals surface area contributed by atoms with Crippen molar-refractivity contribution in [3.05, 3.63) is 16.7 Å². The number of nitrogen functional groups attached to an aromatic ring is 1. The lowest BCUT2D eigenvalue weighted by Gasteiger charge is -2.12. The van der Waals surface area contributed by atoms with Gasteiger partial charge < -0.3 is 20.7 Å². The molecule has 0 bridgehead atoms. The molecule has 0 aromatic carbocycles. The molecule has 3 atom stereocenters. The van der Waals surface area contributed by atoms with Crippen LogP contribution in [0, 0.1) is 0 Å². The number of aliphatic hydroxyl groups is 1. The third kappa shape index (κ3) is 1.82. The molecule has 2 aromatic heterocycles. The molecule has 20 heavy (non-hydrogen) atoms.